The average molecular weight is 321 g/mol. The number of hydrogen-bond acceptors (Lipinski definition) is 4. The van der Waals surface area contributed by atoms with Crippen molar-refractivity contribution in [2.24, 2.45) is 5.92 Å². The number of hydrogen-bond donors (Lipinski definition) is 1. The smallest absolute Gasteiger partial charge is 0.270 e. The largest absolute Gasteiger partial charge is 0.342 e. The normalized spacial score (nSPS) is 15.4. The Morgan fingerprint density at radius 3 is 2.83 bits per heavy atom. The fourth-order valence-corrected chi connectivity index (χ4v) is 3.08. The molecule has 6 nitrogen and oxygen atoms in total. The summed E-state index contributed by atoms with van der Waals surface area (Å²) in [4.78, 5) is 26.1. The molecule has 0 unspecified atom stereocenters. The molecule has 4 rings (SSSR count). The molecule has 1 atom stereocenters. The third-order valence-electron chi connectivity index (χ3n) is 4.40. The molecule has 1 fully saturated rings. The predicted molar refractivity (Wildman–Crippen MR) is 89.6 cm³/mol. The van der Waals surface area contributed by atoms with Gasteiger partial charge in [-0.15, -0.1) is 0 Å². The van der Waals surface area contributed by atoms with Crippen LogP contribution < -0.4 is 5.32 Å². The van der Waals surface area contributed by atoms with Gasteiger partial charge in [-0.2, -0.15) is 0 Å². The van der Waals surface area contributed by atoms with Crippen molar-refractivity contribution < 1.29 is 4.79 Å². The Balaban J connectivity index is 1.67. The van der Waals surface area contributed by atoms with Crippen molar-refractivity contribution in [2.45, 2.75) is 32.7 Å². The van der Waals surface area contributed by atoms with E-state index in [1.807, 2.05) is 38.2 Å². The molecule has 0 bridgehead atoms. The van der Waals surface area contributed by atoms with Gasteiger partial charge in [0.2, 0.25) is 5.78 Å². The standard InChI is InChI=1S/C18H19N5O/c1-11-5-3-6-14(20-11)15(13-7-8-13)22-17(24)16-12(2)21-18-19-9-4-10-23(16)18/h3-6,9-10,13,15H,7-8H2,1-2H3,(H,22,24)/t15-/m0/s1. The van der Waals surface area contributed by atoms with E-state index < -0.39 is 0 Å². The van der Waals surface area contributed by atoms with Crippen molar-refractivity contribution in [3.63, 3.8) is 0 Å². The highest BCUT2D eigenvalue weighted by atomic mass is 16.2. The van der Waals surface area contributed by atoms with Crippen LogP contribution in [0.25, 0.3) is 5.78 Å². The van der Waals surface area contributed by atoms with Crippen molar-refractivity contribution >= 4 is 11.7 Å². The average Bonchev–Trinajstić information content (AvgIpc) is 3.34. The van der Waals surface area contributed by atoms with Crippen LogP contribution in [0.3, 0.4) is 0 Å². The van der Waals surface area contributed by atoms with Gasteiger partial charge in [0.1, 0.15) is 5.69 Å². The van der Waals surface area contributed by atoms with Gasteiger partial charge in [-0.05, 0) is 50.8 Å². The molecule has 0 radical (unpaired) electrons. The molecule has 0 saturated heterocycles. The summed E-state index contributed by atoms with van der Waals surface area (Å²) in [7, 11) is 0. The van der Waals surface area contributed by atoms with Gasteiger partial charge in [0, 0.05) is 18.1 Å². The van der Waals surface area contributed by atoms with Crippen LogP contribution >= 0.6 is 0 Å². The minimum atomic E-state index is -0.131. The maximum atomic E-state index is 12.9. The summed E-state index contributed by atoms with van der Waals surface area (Å²) in [5.74, 6) is 0.867. The molecule has 0 aliphatic heterocycles. The van der Waals surface area contributed by atoms with E-state index in [4.69, 9.17) is 0 Å². The Morgan fingerprint density at radius 2 is 2.08 bits per heavy atom. The number of nitrogens with zero attached hydrogens (tertiary/aromatic N) is 4. The summed E-state index contributed by atoms with van der Waals surface area (Å²) in [6.07, 6.45) is 5.73. The molecular formula is C18H19N5O. The summed E-state index contributed by atoms with van der Waals surface area (Å²) >= 11 is 0. The van der Waals surface area contributed by atoms with E-state index in [0.29, 0.717) is 23.1 Å². The van der Waals surface area contributed by atoms with Gasteiger partial charge >= 0.3 is 0 Å². The van der Waals surface area contributed by atoms with E-state index in [0.717, 1.165) is 24.2 Å². The van der Waals surface area contributed by atoms with E-state index >= 15 is 0 Å². The molecule has 24 heavy (non-hydrogen) atoms. The van der Waals surface area contributed by atoms with Crippen LogP contribution in [0, 0.1) is 19.8 Å². The number of imidazole rings is 1. The molecular weight excluding hydrogens is 302 g/mol. The maximum Gasteiger partial charge on any atom is 0.270 e. The lowest BCUT2D eigenvalue weighted by molar-refractivity contribution is 0.0924. The molecule has 3 aromatic heterocycles. The van der Waals surface area contributed by atoms with Crippen molar-refractivity contribution in [1.29, 1.82) is 0 Å². The lowest BCUT2D eigenvalue weighted by Gasteiger charge is -2.18. The van der Waals surface area contributed by atoms with Crippen molar-refractivity contribution in [3.8, 4) is 0 Å². The van der Waals surface area contributed by atoms with E-state index in [9.17, 15) is 4.79 Å². The van der Waals surface area contributed by atoms with Gasteiger partial charge in [0.05, 0.1) is 17.4 Å². The van der Waals surface area contributed by atoms with Gasteiger partial charge in [-0.1, -0.05) is 6.07 Å². The zero-order chi connectivity index (χ0) is 16.7. The van der Waals surface area contributed by atoms with Crippen LogP contribution in [0.5, 0.6) is 0 Å². The fourth-order valence-electron chi connectivity index (χ4n) is 3.08. The number of pyridine rings is 1. The molecule has 0 spiro atoms. The van der Waals surface area contributed by atoms with Crippen LogP contribution in [0.1, 0.15) is 46.5 Å². The maximum absolute atomic E-state index is 12.9. The van der Waals surface area contributed by atoms with Gasteiger partial charge in [-0.25, -0.2) is 9.97 Å². The minimum Gasteiger partial charge on any atom is -0.342 e. The summed E-state index contributed by atoms with van der Waals surface area (Å²) < 4.78 is 1.73. The number of fused-ring (bicyclic) bond motifs is 1. The van der Waals surface area contributed by atoms with Crippen LogP contribution in [-0.2, 0) is 0 Å². The van der Waals surface area contributed by atoms with Crippen molar-refractivity contribution in [3.05, 3.63) is 59.4 Å². The van der Waals surface area contributed by atoms with E-state index in [2.05, 4.69) is 20.3 Å². The zero-order valence-corrected chi connectivity index (χ0v) is 13.7. The van der Waals surface area contributed by atoms with Gasteiger partial charge in [0.15, 0.2) is 0 Å². The SMILES string of the molecule is Cc1cccc([C@@H](NC(=O)c2c(C)nc3ncccn23)C2CC2)n1. The van der Waals surface area contributed by atoms with Gasteiger partial charge in [0.25, 0.3) is 5.91 Å². The first-order valence-corrected chi connectivity index (χ1v) is 8.17. The highest BCUT2D eigenvalue weighted by Crippen LogP contribution is 2.40. The molecule has 3 heterocycles. The lowest BCUT2D eigenvalue weighted by Crippen LogP contribution is -2.31. The fraction of sp³-hybridized carbons (Fsp3) is 0.333. The first-order chi connectivity index (χ1) is 11.6. The third kappa shape index (κ3) is 2.64. The summed E-state index contributed by atoms with van der Waals surface area (Å²) in [5.41, 5.74) is 3.10. The Bertz CT molecular complexity index is 913. The molecule has 1 aliphatic carbocycles. The number of carbonyl (C=O) groups is 1. The number of rotatable bonds is 4. The monoisotopic (exact) mass is 321 g/mol. The molecule has 1 amide bonds. The van der Waals surface area contributed by atoms with E-state index in [1.54, 1.807) is 16.7 Å². The Kier molecular flexibility index (Phi) is 3.52. The van der Waals surface area contributed by atoms with Gasteiger partial charge in [-0.3, -0.25) is 14.2 Å². The Morgan fingerprint density at radius 1 is 1.25 bits per heavy atom. The molecule has 1 N–H and O–H groups in total. The van der Waals surface area contributed by atoms with Crippen molar-refractivity contribution in [1.82, 2.24) is 24.7 Å². The van der Waals surface area contributed by atoms with Crippen LogP contribution in [0.2, 0.25) is 0 Å². The Labute approximate surface area is 140 Å². The Hall–Kier alpha value is -2.76. The minimum absolute atomic E-state index is 0.0565. The second kappa shape index (κ2) is 5.70. The first kappa shape index (κ1) is 14.8. The molecule has 0 aromatic carbocycles. The van der Waals surface area contributed by atoms with Gasteiger partial charge < -0.3 is 5.32 Å². The molecule has 1 saturated carbocycles. The molecule has 122 valence electrons. The number of carbonyl (C=O) groups excluding carboxylic acids is 1. The molecule has 1 aliphatic rings. The summed E-state index contributed by atoms with van der Waals surface area (Å²) in [6, 6.07) is 7.68. The number of aryl methyl sites for hydroxylation is 2. The first-order valence-electron chi connectivity index (χ1n) is 8.17. The number of amides is 1. The zero-order valence-electron chi connectivity index (χ0n) is 13.7. The van der Waals surface area contributed by atoms with Crippen LogP contribution in [0.15, 0.2) is 36.7 Å². The number of nitrogens with one attached hydrogen (secondary N) is 1. The highest BCUT2D eigenvalue weighted by molar-refractivity contribution is 5.94. The summed E-state index contributed by atoms with van der Waals surface area (Å²) in [6.45, 7) is 3.80. The molecule has 3 aromatic rings. The van der Waals surface area contributed by atoms with Crippen molar-refractivity contribution in [2.75, 3.05) is 0 Å². The molecule has 6 heteroatoms. The van der Waals surface area contributed by atoms with E-state index in [-0.39, 0.29) is 11.9 Å². The summed E-state index contributed by atoms with van der Waals surface area (Å²) in [5, 5.41) is 3.17. The van der Waals surface area contributed by atoms with Crippen LogP contribution in [-0.4, -0.2) is 25.3 Å². The quantitative estimate of drug-likeness (QED) is 0.802. The topological polar surface area (TPSA) is 72.2 Å². The predicted octanol–water partition coefficient (Wildman–Crippen LogP) is 2.62. The lowest BCUT2D eigenvalue weighted by atomic mass is 10.1. The van der Waals surface area contributed by atoms with Crippen LogP contribution in [0.4, 0.5) is 0 Å². The van der Waals surface area contributed by atoms with E-state index in [1.165, 1.54) is 0 Å². The second-order valence-electron chi connectivity index (χ2n) is 6.33. The highest BCUT2D eigenvalue weighted by Gasteiger charge is 2.35. The number of aromatic nitrogens is 4. The second-order valence-corrected chi connectivity index (χ2v) is 6.33. The third-order valence-corrected chi connectivity index (χ3v) is 4.40.